The lowest BCUT2D eigenvalue weighted by Crippen LogP contribution is -2.27. The van der Waals surface area contributed by atoms with Crippen LogP contribution in [0.2, 0.25) is 0 Å². The number of nitrogens with one attached hydrogen (secondary N) is 2. The molecule has 0 spiro atoms. The zero-order chi connectivity index (χ0) is 14.5. The number of amides is 1. The molecule has 0 saturated heterocycles. The normalized spacial score (nSPS) is 12.2. The van der Waals surface area contributed by atoms with Gasteiger partial charge in [0.1, 0.15) is 5.75 Å². The molecule has 0 saturated carbocycles. The van der Waals surface area contributed by atoms with Crippen molar-refractivity contribution >= 4 is 5.91 Å². The van der Waals surface area contributed by atoms with Gasteiger partial charge in [-0.2, -0.15) is 15.4 Å². The van der Waals surface area contributed by atoms with E-state index >= 15 is 0 Å². The molecule has 0 aliphatic heterocycles. The number of rotatable bonds is 5. The fraction of sp³-hybridized carbons (Fsp3) is 0.357. The van der Waals surface area contributed by atoms with E-state index in [9.17, 15) is 4.79 Å². The monoisotopic (exact) mass is 274 g/mol. The Balaban J connectivity index is 2.05. The van der Waals surface area contributed by atoms with E-state index in [1.807, 2.05) is 45.0 Å². The van der Waals surface area contributed by atoms with Gasteiger partial charge in [0.2, 0.25) is 0 Å². The largest absolute Gasteiger partial charge is 0.491 e. The number of H-pyrrole nitrogens is 1. The molecule has 1 amide bonds. The third-order valence-electron chi connectivity index (χ3n) is 2.73. The smallest absolute Gasteiger partial charge is 0.273 e. The van der Waals surface area contributed by atoms with Crippen molar-refractivity contribution in [2.24, 2.45) is 0 Å². The van der Waals surface area contributed by atoms with Gasteiger partial charge in [-0.05, 0) is 38.5 Å². The highest BCUT2D eigenvalue weighted by Crippen LogP contribution is 2.20. The number of hydrogen-bond acceptors (Lipinski definition) is 4. The number of aromatic nitrogens is 3. The molecule has 106 valence electrons. The Kier molecular flexibility index (Phi) is 4.34. The first-order valence-electron chi connectivity index (χ1n) is 6.49. The average Bonchev–Trinajstić information content (AvgIpc) is 2.92. The highest BCUT2D eigenvalue weighted by molar-refractivity contribution is 5.92. The molecule has 2 rings (SSSR count). The first kappa shape index (κ1) is 14.0. The zero-order valence-electron chi connectivity index (χ0n) is 11.8. The molecular formula is C14H18N4O2. The number of nitrogens with zero attached hydrogens (tertiary/aromatic N) is 2. The lowest BCUT2D eigenvalue weighted by Gasteiger charge is -2.16. The van der Waals surface area contributed by atoms with Gasteiger partial charge in [0.25, 0.3) is 5.91 Å². The maximum absolute atomic E-state index is 11.9. The van der Waals surface area contributed by atoms with Crippen LogP contribution < -0.4 is 10.1 Å². The lowest BCUT2D eigenvalue weighted by atomic mass is 10.1. The van der Waals surface area contributed by atoms with Crippen LogP contribution in [-0.4, -0.2) is 27.4 Å². The Hall–Kier alpha value is -2.37. The molecule has 6 nitrogen and oxygen atoms in total. The summed E-state index contributed by atoms with van der Waals surface area (Å²) in [7, 11) is 0. The summed E-state index contributed by atoms with van der Waals surface area (Å²) in [5.74, 6) is 0.529. The third-order valence-corrected chi connectivity index (χ3v) is 2.73. The van der Waals surface area contributed by atoms with Crippen molar-refractivity contribution in [1.82, 2.24) is 20.7 Å². The van der Waals surface area contributed by atoms with Gasteiger partial charge >= 0.3 is 0 Å². The van der Waals surface area contributed by atoms with E-state index in [0.29, 0.717) is 0 Å². The van der Waals surface area contributed by atoms with Gasteiger partial charge in [-0.25, -0.2) is 0 Å². The molecule has 0 aliphatic rings. The van der Waals surface area contributed by atoms with Crippen molar-refractivity contribution in [2.45, 2.75) is 32.9 Å². The van der Waals surface area contributed by atoms with Crippen molar-refractivity contribution in [3.63, 3.8) is 0 Å². The Morgan fingerprint density at radius 3 is 2.80 bits per heavy atom. The van der Waals surface area contributed by atoms with Crippen molar-refractivity contribution < 1.29 is 9.53 Å². The first-order valence-corrected chi connectivity index (χ1v) is 6.49. The summed E-state index contributed by atoms with van der Waals surface area (Å²) in [5, 5.41) is 12.6. The number of carbonyl (C=O) groups excluding carboxylic acids is 1. The zero-order valence-corrected chi connectivity index (χ0v) is 11.8. The average molecular weight is 274 g/mol. The number of carbonyl (C=O) groups is 1. The highest BCUT2D eigenvalue weighted by atomic mass is 16.5. The maximum Gasteiger partial charge on any atom is 0.273 e. The Labute approximate surface area is 117 Å². The van der Waals surface area contributed by atoms with Crippen LogP contribution in [0.25, 0.3) is 0 Å². The summed E-state index contributed by atoms with van der Waals surface area (Å²) in [6.07, 6.45) is 1.51. The van der Waals surface area contributed by atoms with E-state index in [1.165, 1.54) is 6.20 Å². The van der Waals surface area contributed by atoms with Crippen LogP contribution in [0, 0.1) is 0 Å². The van der Waals surface area contributed by atoms with E-state index in [2.05, 4.69) is 20.7 Å². The van der Waals surface area contributed by atoms with Crippen molar-refractivity contribution in [2.75, 3.05) is 0 Å². The van der Waals surface area contributed by atoms with Gasteiger partial charge in [-0.15, -0.1) is 0 Å². The minimum Gasteiger partial charge on any atom is -0.491 e. The van der Waals surface area contributed by atoms with Crippen molar-refractivity contribution in [1.29, 1.82) is 0 Å². The molecule has 1 atom stereocenters. The van der Waals surface area contributed by atoms with Gasteiger partial charge < -0.3 is 10.1 Å². The van der Waals surface area contributed by atoms with E-state index in [1.54, 1.807) is 0 Å². The van der Waals surface area contributed by atoms with Crippen LogP contribution in [0.3, 0.4) is 0 Å². The Bertz CT molecular complexity index is 566. The second-order valence-electron chi connectivity index (χ2n) is 4.79. The van der Waals surface area contributed by atoms with Crippen LogP contribution in [0.15, 0.2) is 30.5 Å². The van der Waals surface area contributed by atoms with Crippen LogP contribution >= 0.6 is 0 Å². The van der Waals surface area contributed by atoms with Gasteiger partial charge in [0.15, 0.2) is 5.69 Å². The van der Waals surface area contributed by atoms with E-state index in [-0.39, 0.29) is 23.7 Å². The molecular weight excluding hydrogens is 256 g/mol. The molecule has 0 fully saturated rings. The van der Waals surface area contributed by atoms with Gasteiger partial charge in [-0.3, -0.25) is 4.79 Å². The second kappa shape index (κ2) is 6.18. The summed E-state index contributed by atoms with van der Waals surface area (Å²) in [5.41, 5.74) is 1.24. The predicted octanol–water partition coefficient (Wildman–Crippen LogP) is 2.08. The fourth-order valence-electron chi connectivity index (χ4n) is 1.79. The summed E-state index contributed by atoms with van der Waals surface area (Å²) in [6, 6.07) is 7.53. The van der Waals surface area contributed by atoms with Crippen LogP contribution in [0.5, 0.6) is 5.75 Å². The predicted molar refractivity (Wildman–Crippen MR) is 74.5 cm³/mol. The lowest BCUT2D eigenvalue weighted by molar-refractivity contribution is 0.0934. The molecule has 0 radical (unpaired) electrons. The Morgan fingerprint density at radius 2 is 2.15 bits per heavy atom. The van der Waals surface area contributed by atoms with Crippen molar-refractivity contribution in [3.8, 4) is 5.75 Å². The molecule has 6 heteroatoms. The van der Waals surface area contributed by atoms with Gasteiger partial charge in [0, 0.05) is 0 Å². The van der Waals surface area contributed by atoms with Crippen molar-refractivity contribution in [3.05, 3.63) is 41.7 Å². The van der Waals surface area contributed by atoms with E-state index in [0.717, 1.165) is 11.3 Å². The molecule has 1 unspecified atom stereocenters. The van der Waals surface area contributed by atoms with E-state index < -0.39 is 0 Å². The minimum atomic E-state index is -0.263. The first-order chi connectivity index (χ1) is 9.56. The molecule has 1 aromatic heterocycles. The number of hydrogen-bond donors (Lipinski definition) is 2. The second-order valence-corrected chi connectivity index (χ2v) is 4.79. The summed E-state index contributed by atoms with van der Waals surface area (Å²) >= 11 is 0. The highest BCUT2D eigenvalue weighted by Gasteiger charge is 2.14. The molecule has 0 bridgehead atoms. The maximum atomic E-state index is 11.9. The molecule has 2 aromatic rings. The molecule has 2 N–H and O–H groups in total. The molecule has 20 heavy (non-hydrogen) atoms. The minimum absolute atomic E-state index is 0.116. The van der Waals surface area contributed by atoms with Crippen LogP contribution in [0.1, 0.15) is 42.9 Å². The number of benzene rings is 1. The summed E-state index contributed by atoms with van der Waals surface area (Å²) in [6.45, 7) is 5.86. The molecule has 1 aromatic carbocycles. The van der Waals surface area contributed by atoms with Crippen LogP contribution in [-0.2, 0) is 0 Å². The SMILES string of the molecule is CC(C)Oc1cccc(C(C)NC(=O)c2cn[nH]n2)c1. The van der Waals surface area contributed by atoms with Gasteiger partial charge in [0.05, 0.1) is 18.3 Å². The fourth-order valence-corrected chi connectivity index (χ4v) is 1.79. The van der Waals surface area contributed by atoms with Crippen LogP contribution in [0.4, 0.5) is 0 Å². The number of ether oxygens (including phenoxy) is 1. The standard InChI is InChI=1S/C14H18N4O2/c1-9(2)20-12-6-4-5-11(7-12)10(3)16-14(19)13-8-15-18-17-13/h4-10H,1-3H3,(H,16,19)(H,15,17,18). The third kappa shape index (κ3) is 3.57. The summed E-state index contributed by atoms with van der Waals surface area (Å²) in [4.78, 5) is 11.9. The molecule has 1 heterocycles. The molecule has 0 aliphatic carbocycles. The Morgan fingerprint density at radius 1 is 1.35 bits per heavy atom. The van der Waals surface area contributed by atoms with E-state index in [4.69, 9.17) is 4.74 Å². The summed E-state index contributed by atoms with van der Waals surface area (Å²) < 4.78 is 5.64. The van der Waals surface area contributed by atoms with Gasteiger partial charge in [-0.1, -0.05) is 12.1 Å². The number of aromatic amines is 1. The topological polar surface area (TPSA) is 79.9 Å². The quantitative estimate of drug-likeness (QED) is 0.874.